The molecule has 25 heavy (non-hydrogen) atoms. The van der Waals surface area contributed by atoms with Gasteiger partial charge in [0.25, 0.3) is 5.91 Å². The van der Waals surface area contributed by atoms with E-state index in [1.54, 1.807) is 11.1 Å². The second-order valence-electron chi connectivity index (χ2n) is 6.15. The predicted molar refractivity (Wildman–Crippen MR) is 88.1 cm³/mol. The van der Waals surface area contributed by atoms with Crippen molar-refractivity contribution in [3.63, 3.8) is 0 Å². The fourth-order valence-electron chi connectivity index (χ4n) is 3.31. The first-order valence-corrected chi connectivity index (χ1v) is 8.01. The zero-order valence-corrected chi connectivity index (χ0v) is 13.6. The fourth-order valence-corrected chi connectivity index (χ4v) is 3.31. The molecule has 6 nitrogen and oxygen atoms in total. The summed E-state index contributed by atoms with van der Waals surface area (Å²) in [5.41, 5.74) is 0.369. The molecule has 3 aromatic rings. The minimum absolute atomic E-state index is 0.133. The topological polar surface area (TPSA) is 66.0 Å². The van der Waals surface area contributed by atoms with Gasteiger partial charge >= 0.3 is 0 Å². The monoisotopic (exact) mass is 345 g/mol. The van der Waals surface area contributed by atoms with Gasteiger partial charge in [0.1, 0.15) is 29.2 Å². The summed E-state index contributed by atoms with van der Waals surface area (Å²) in [6.07, 6.45) is 3.52. The lowest BCUT2D eigenvalue weighted by Crippen LogP contribution is -2.49. The van der Waals surface area contributed by atoms with Crippen LogP contribution in [-0.2, 0) is 7.05 Å². The number of benzene rings is 1. The average Bonchev–Trinajstić information content (AvgIpc) is 3.20. The molecule has 0 spiro atoms. The van der Waals surface area contributed by atoms with E-state index in [9.17, 15) is 13.6 Å². The maximum atomic E-state index is 13.9. The number of piperazine rings is 1. The number of H-pyrrole nitrogens is 1. The highest BCUT2D eigenvalue weighted by Gasteiger charge is 2.31. The third kappa shape index (κ3) is 2.68. The van der Waals surface area contributed by atoms with E-state index in [-0.39, 0.29) is 23.2 Å². The summed E-state index contributed by atoms with van der Waals surface area (Å²) in [4.78, 5) is 21.8. The van der Waals surface area contributed by atoms with Crippen molar-refractivity contribution in [1.82, 2.24) is 24.8 Å². The molecule has 1 aliphatic heterocycles. The number of aryl methyl sites for hydroxylation is 1. The Bertz CT molecular complexity index is 948. The molecule has 0 saturated carbocycles. The molecule has 4 rings (SSSR count). The standard InChI is InChI=1S/C17H17F2N5O/c1-23-4-3-21-16(23)14-9-20-2-5-24(14)17(25)13-7-10-6-11(18)8-12(19)15(10)22-13/h3-4,6-8,14,20,22H,2,5,9H2,1H3. The van der Waals surface area contributed by atoms with Gasteiger partial charge in [0.05, 0.1) is 5.52 Å². The molecule has 0 bridgehead atoms. The fraction of sp³-hybridized carbons (Fsp3) is 0.294. The molecule has 0 radical (unpaired) electrons. The Hall–Kier alpha value is -2.74. The third-order valence-corrected chi connectivity index (χ3v) is 4.54. The van der Waals surface area contributed by atoms with Crippen LogP contribution in [0, 0.1) is 11.6 Å². The summed E-state index contributed by atoms with van der Waals surface area (Å²) in [6, 6.07) is 3.27. The summed E-state index contributed by atoms with van der Waals surface area (Å²) in [6.45, 7) is 1.75. The Kier molecular flexibility index (Phi) is 3.76. The van der Waals surface area contributed by atoms with Crippen molar-refractivity contribution in [3.8, 4) is 0 Å². The van der Waals surface area contributed by atoms with Gasteiger partial charge in [-0.25, -0.2) is 13.8 Å². The molecule has 1 aromatic carbocycles. The zero-order valence-electron chi connectivity index (χ0n) is 13.6. The van der Waals surface area contributed by atoms with Crippen LogP contribution in [0.3, 0.4) is 0 Å². The van der Waals surface area contributed by atoms with Crippen molar-refractivity contribution in [2.75, 3.05) is 19.6 Å². The number of nitrogens with one attached hydrogen (secondary N) is 2. The lowest BCUT2D eigenvalue weighted by molar-refractivity contribution is 0.0616. The van der Waals surface area contributed by atoms with Crippen LogP contribution in [0.15, 0.2) is 30.6 Å². The van der Waals surface area contributed by atoms with Crippen LogP contribution in [0.5, 0.6) is 0 Å². The van der Waals surface area contributed by atoms with Gasteiger partial charge < -0.3 is 19.8 Å². The number of aromatic amines is 1. The summed E-state index contributed by atoms with van der Waals surface area (Å²) in [5.74, 6) is -0.870. The summed E-state index contributed by atoms with van der Waals surface area (Å²) < 4.78 is 29.2. The minimum Gasteiger partial charge on any atom is -0.348 e. The van der Waals surface area contributed by atoms with Crippen LogP contribution in [0.1, 0.15) is 22.4 Å². The van der Waals surface area contributed by atoms with E-state index in [1.807, 2.05) is 17.8 Å². The number of amides is 1. The van der Waals surface area contributed by atoms with Crippen LogP contribution in [-0.4, -0.2) is 45.0 Å². The maximum Gasteiger partial charge on any atom is 0.271 e. The van der Waals surface area contributed by atoms with Gasteiger partial charge in [0.2, 0.25) is 0 Å². The van der Waals surface area contributed by atoms with Crippen molar-refractivity contribution in [1.29, 1.82) is 0 Å². The molecular formula is C17H17F2N5O. The van der Waals surface area contributed by atoms with Gasteiger partial charge in [-0.2, -0.15) is 0 Å². The highest BCUT2D eigenvalue weighted by molar-refractivity contribution is 5.98. The molecule has 1 saturated heterocycles. The number of hydrogen-bond acceptors (Lipinski definition) is 3. The first-order valence-electron chi connectivity index (χ1n) is 8.01. The largest absolute Gasteiger partial charge is 0.348 e. The van der Waals surface area contributed by atoms with E-state index < -0.39 is 11.6 Å². The zero-order chi connectivity index (χ0) is 17.6. The second kappa shape index (κ2) is 5.96. The minimum atomic E-state index is -0.713. The van der Waals surface area contributed by atoms with Gasteiger partial charge in [-0.3, -0.25) is 4.79 Å². The van der Waals surface area contributed by atoms with E-state index in [1.165, 1.54) is 12.1 Å². The van der Waals surface area contributed by atoms with Crippen molar-refractivity contribution in [2.45, 2.75) is 6.04 Å². The Labute approximate surface area is 142 Å². The summed E-state index contributed by atoms with van der Waals surface area (Å²) in [7, 11) is 1.88. The van der Waals surface area contributed by atoms with Gasteiger partial charge in [-0.05, 0) is 12.1 Å². The molecule has 3 heterocycles. The lowest BCUT2D eigenvalue weighted by atomic mass is 10.1. The number of nitrogens with zero attached hydrogens (tertiary/aromatic N) is 3. The second-order valence-corrected chi connectivity index (χ2v) is 6.15. The van der Waals surface area contributed by atoms with Crippen LogP contribution >= 0.6 is 0 Å². The third-order valence-electron chi connectivity index (χ3n) is 4.54. The van der Waals surface area contributed by atoms with Crippen molar-refractivity contribution >= 4 is 16.8 Å². The Morgan fingerprint density at radius 3 is 2.92 bits per heavy atom. The van der Waals surface area contributed by atoms with Gasteiger partial charge in [0, 0.05) is 50.5 Å². The lowest BCUT2D eigenvalue weighted by Gasteiger charge is -2.35. The number of carbonyl (C=O) groups excluding carboxylic acids is 1. The van der Waals surface area contributed by atoms with Crippen LogP contribution in [0.4, 0.5) is 8.78 Å². The maximum absolute atomic E-state index is 13.9. The molecular weight excluding hydrogens is 328 g/mol. The average molecular weight is 345 g/mol. The number of hydrogen-bond donors (Lipinski definition) is 2. The number of aromatic nitrogens is 3. The Morgan fingerprint density at radius 2 is 2.16 bits per heavy atom. The van der Waals surface area contributed by atoms with Gasteiger partial charge in [0.15, 0.2) is 0 Å². The number of imidazole rings is 1. The molecule has 1 unspecified atom stereocenters. The number of rotatable bonds is 2. The van der Waals surface area contributed by atoms with Gasteiger partial charge in [-0.1, -0.05) is 0 Å². The van der Waals surface area contributed by atoms with E-state index in [2.05, 4.69) is 15.3 Å². The number of halogens is 2. The predicted octanol–water partition coefficient (Wildman–Crippen LogP) is 1.97. The summed E-state index contributed by atoms with van der Waals surface area (Å²) >= 11 is 0. The number of carbonyl (C=O) groups is 1. The van der Waals surface area contributed by atoms with Crippen LogP contribution < -0.4 is 5.32 Å². The Morgan fingerprint density at radius 1 is 1.32 bits per heavy atom. The van der Waals surface area contributed by atoms with E-state index in [0.717, 1.165) is 11.9 Å². The first-order chi connectivity index (χ1) is 12.0. The molecule has 130 valence electrons. The summed E-state index contributed by atoms with van der Waals surface area (Å²) in [5, 5.41) is 3.60. The number of fused-ring (bicyclic) bond motifs is 1. The van der Waals surface area contributed by atoms with Crippen molar-refractivity contribution in [2.24, 2.45) is 7.05 Å². The van der Waals surface area contributed by atoms with Crippen molar-refractivity contribution < 1.29 is 13.6 Å². The van der Waals surface area contributed by atoms with Crippen molar-refractivity contribution in [3.05, 3.63) is 53.7 Å². The molecule has 8 heteroatoms. The SMILES string of the molecule is Cn1ccnc1C1CNCCN1C(=O)c1cc2cc(F)cc(F)c2[nH]1. The van der Waals surface area contributed by atoms with E-state index in [0.29, 0.717) is 25.0 Å². The Balaban J connectivity index is 1.71. The van der Waals surface area contributed by atoms with E-state index >= 15 is 0 Å². The highest BCUT2D eigenvalue weighted by Crippen LogP contribution is 2.25. The molecule has 1 amide bonds. The quantitative estimate of drug-likeness (QED) is 0.746. The molecule has 1 atom stereocenters. The van der Waals surface area contributed by atoms with E-state index in [4.69, 9.17) is 0 Å². The highest BCUT2D eigenvalue weighted by atomic mass is 19.1. The smallest absolute Gasteiger partial charge is 0.271 e. The van der Waals surface area contributed by atoms with Gasteiger partial charge in [-0.15, -0.1) is 0 Å². The first kappa shape index (κ1) is 15.8. The van der Waals surface area contributed by atoms with Crippen LogP contribution in [0.25, 0.3) is 10.9 Å². The molecule has 1 fully saturated rings. The normalized spacial score (nSPS) is 18.0. The molecule has 2 aromatic heterocycles. The molecule has 0 aliphatic carbocycles. The molecule has 2 N–H and O–H groups in total. The van der Waals surface area contributed by atoms with Crippen LogP contribution in [0.2, 0.25) is 0 Å². The molecule has 1 aliphatic rings.